The molecule has 0 amide bonds. The fourth-order valence-electron chi connectivity index (χ4n) is 1.13. The zero-order valence-corrected chi connectivity index (χ0v) is 10.5. The van der Waals surface area contributed by atoms with E-state index in [0.717, 1.165) is 6.42 Å². The highest BCUT2D eigenvalue weighted by atomic mass is 17.1. The normalized spacial score (nSPS) is 12.9. The van der Waals surface area contributed by atoms with Gasteiger partial charge in [-0.1, -0.05) is 0 Å². The lowest BCUT2D eigenvalue weighted by Crippen LogP contribution is -2.21. The van der Waals surface area contributed by atoms with Crippen LogP contribution < -0.4 is 0 Å². The van der Waals surface area contributed by atoms with E-state index in [1.165, 1.54) is 0 Å². The molecular weight excluding hydrogens is 230 g/mol. The highest BCUT2D eigenvalue weighted by Gasteiger charge is 2.08. The molecule has 7 nitrogen and oxygen atoms in total. The van der Waals surface area contributed by atoms with Gasteiger partial charge in [0, 0.05) is 0 Å². The van der Waals surface area contributed by atoms with E-state index in [9.17, 15) is 4.79 Å². The number of nitrogens with zero attached hydrogens (tertiary/aromatic N) is 1. The number of ether oxygens (including phenoxy) is 2. The standard InChI is InChI=1S/C10H21NO6/c1-8(2)16-10(12)15-7-5-4-6-9(3)17-11(13)14/h8-9,13-14H,4-7H2,1-3H3. The molecule has 0 aromatic carbocycles. The molecule has 7 heteroatoms. The average molecular weight is 251 g/mol. The zero-order chi connectivity index (χ0) is 13.3. The number of rotatable bonds is 8. The maximum atomic E-state index is 11.0. The van der Waals surface area contributed by atoms with Crippen molar-refractivity contribution in [2.75, 3.05) is 6.61 Å². The Hall–Kier alpha value is -0.890. The average Bonchev–Trinajstić information content (AvgIpc) is 2.14. The molecule has 0 radical (unpaired) electrons. The van der Waals surface area contributed by atoms with Gasteiger partial charge in [-0.15, -0.1) is 0 Å². The Morgan fingerprint density at radius 1 is 1.24 bits per heavy atom. The van der Waals surface area contributed by atoms with E-state index < -0.39 is 6.16 Å². The minimum Gasteiger partial charge on any atom is -0.434 e. The van der Waals surface area contributed by atoms with Gasteiger partial charge in [0.05, 0.1) is 24.2 Å². The molecule has 0 aliphatic heterocycles. The van der Waals surface area contributed by atoms with Crippen molar-refractivity contribution in [3.8, 4) is 0 Å². The van der Waals surface area contributed by atoms with Gasteiger partial charge >= 0.3 is 6.16 Å². The van der Waals surface area contributed by atoms with Crippen LogP contribution in [0.1, 0.15) is 40.0 Å². The van der Waals surface area contributed by atoms with E-state index in [2.05, 4.69) is 4.84 Å². The number of carbonyl (C=O) groups is 1. The topological polar surface area (TPSA) is 88.5 Å². The third-order valence-electron chi connectivity index (χ3n) is 1.83. The van der Waals surface area contributed by atoms with Gasteiger partial charge in [0.15, 0.2) is 0 Å². The SMILES string of the molecule is CC(C)OC(=O)OCCCCC(C)ON(O)O. The molecule has 102 valence electrons. The Bertz CT molecular complexity index is 209. The molecular formula is C10H21NO6. The van der Waals surface area contributed by atoms with Crippen molar-refractivity contribution in [1.82, 2.24) is 5.39 Å². The smallest absolute Gasteiger partial charge is 0.434 e. The lowest BCUT2D eigenvalue weighted by Gasteiger charge is -2.13. The van der Waals surface area contributed by atoms with Gasteiger partial charge < -0.3 is 9.47 Å². The molecule has 0 aliphatic carbocycles. The molecule has 1 unspecified atom stereocenters. The maximum Gasteiger partial charge on any atom is 0.508 e. The summed E-state index contributed by atoms with van der Waals surface area (Å²) >= 11 is 0. The number of hydrogen-bond donors (Lipinski definition) is 2. The molecule has 1 atom stereocenters. The van der Waals surface area contributed by atoms with Crippen molar-refractivity contribution < 1.29 is 29.5 Å². The summed E-state index contributed by atoms with van der Waals surface area (Å²) < 4.78 is 9.58. The zero-order valence-electron chi connectivity index (χ0n) is 10.5. The minimum atomic E-state index is -0.666. The van der Waals surface area contributed by atoms with Crippen molar-refractivity contribution in [3.63, 3.8) is 0 Å². The van der Waals surface area contributed by atoms with Gasteiger partial charge in [0.2, 0.25) is 0 Å². The number of carbonyl (C=O) groups excluding carboxylic acids is 1. The molecule has 2 N–H and O–H groups in total. The minimum absolute atomic E-state index is 0.184. The van der Waals surface area contributed by atoms with Crippen molar-refractivity contribution >= 4 is 6.16 Å². The van der Waals surface area contributed by atoms with E-state index in [1.807, 2.05) is 0 Å². The summed E-state index contributed by atoms with van der Waals surface area (Å²) in [6.45, 7) is 5.47. The van der Waals surface area contributed by atoms with Crippen LogP contribution in [0.2, 0.25) is 0 Å². The maximum absolute atomic E-state index is 11.0. The van der Waals surface area contributed by atoms with Crippen LogP contribution in [-0.2, 0) is 14.3 Å². The molecule has 0 fully saturated rings. The van der Waals surface area contributed by atoms with Crippen LogP contribution in [0.5, 0.6) is 0 Å². The highest BCUT2D eigenvalue weighted by Crippen LogP contribution is 2.05. The Balaban J connectivity index is 3.37. The van der Waals surface area contributed by atoms with Gasteiger partial charge in [0.25, 0.3) is 0 Å². The first-order chi connectivity index (χ1) is 7.91. The van der Waals surface area contributed by atoms with Crippen molar-refractivity contribution in [1.29, 1.82) is 0 Å². The summed E-state index contributed by atoms with van der Waals surface area (Å²) in [4.78, 5) is 15.5. The predicted molar refractivity (Wildman–Crippen MR) is 57.4 cm³/mol. The van der Waals surface area contributed by atoms with Crippen LogP contribution in [0, 0.1) is 0 Å². The Labute approximate surface area is 101 Å². The molecule has 0 saturated carbocycles. The molecule has 0 spiro atoms. The Morgan fingerprint density at radius 3 is 2.41 bits per heavy atom. The third kappa shape index (κ3) is 11.4. The monoisotopic (exact) mass is 251 g/mol. The summed E-state index contributed by atoms with van der Waals surface area (Å²) in [6.07, 6.45) is 0.867. The van der Waals surface area contributed by atoms with Crippen LogP contribution >= 0.6 is 0 Å². The van der Waals surface area contributed by atoms with E-state index in [0.29, 0.717) is 12.8 Å². The van der Waals surface area contributed by atoms with Crippen LogP contribution in [0.4, 0.5) is 4.79 Å². The first kappa shape index (κ1) is 16.1. The quantitative estimate of drug-likeness (QED) is 0.388. The highest BCUT2D eigenvalue weighted by molar-refractivity contribution is 5.59. The van der Waals surface area contributed by atoms with E-state index in [4.69, 9.17) is 19.9 Å². The van der Waals surface area contributed by atoms with Crippen molar-refractivity contribution in [3.05, 3.63) is 0 Å². The predicted octanol–water partition coefficient (Wildman–Crippen LogP) is 2.12. The third-order valence-corrected chi connectivity index (χ3v) is 1.83. The second-order valence-corrected chi connectivity index (χ2v) is 3.93. The molecule has 0 aromatic heterocycles. The first-order valence-corrected chi connectivity index (χ1v) is 5.60. The van der Waals surface area contributed by atoms with Crippen molar-refractivity contribution in [2.45, 2.75) is 52.2 Å². The fraction of sp³-hybridized carbons (Fsp3) is 0.900. The summed E-state index contributed by atoms with van der Waals surface area (Å²) in [7, 11) is 0. The van der Waals surface area contributed by atoms with Crippen LogP contribution in [0.25, 0.3) is 0 Å². The molecule has 17 heavy (non-hydrogen) atoms. The van der Waals surface area contributed by atoms with Crippen LogP contribution in [0.15, 0.2) is 0 Å². The summed E-state index contributed by atoms with van der Waals surface area (Å²) in [5.74, 6) is 0. The first-order valence-electron chi connectivity index (χ1n) is 5.60. The van der Waals surface area contributed by atoms with E-state index in [1.54, 1.807) is 20.8 Å². The summed E-state index contributed by atoms with van der Waals surface area (Å²) in [6, 6.07) is 0. The molecule has 0 bridgehead atoms. The summed E-state index contributed by atoms with van der Waals surface area (Å²) in [5.41, 5.74) is 0. The van der Waals surface area contributed by atoms with Crippen LogP contribution in [-0.4, -0.2) is 40.8 Å². The molecule has 0 saturated heterocycles. The number of hydrogen-bond acceptors (Lipinski definition) is 7. The lowest BCUT2D eigenvalue weighted by molar-refractivity contribution is -0.503. The summed E-state index contributed by atoms with van der Waals surface area (Å²) in [5, 5.41) is 16.4. The Morgan fingerprint density at radius 2 is 1.88 bits per heavy atom. The molecule has 0 aromatic rings. The second kappa shape index (κ2) is 9.17. The molecule has 0 heterocycles. The van der Waals surface area contributed by atoms with Gasteiger partial charge in [-0.05, 0) is 40.0 Å². The fourth-order valence-corrected chi connectivity index (χ4v) is 1.13. The molecule has 0 aliphatic rings. The lowest BCUT2D eigenvalue weighted by atomic mass is 10.2. The van der Waals surface area contributed by atoms with E-state index >= 15 is 0 Å². The molecule has 0 rings (SSSR count). The largest absolute Gasteiger partial charge is 0.508 e. The Kier molecular flexibility index (Phi) is 8.69. The number of unbranched alkanes of at least 4 members (excludes halogenated alkanes) is 1. The second-order valence-electron chi connectivity index (χ2n) is 3.93. The van der Waals surface area contributed by atoms with Crippen molar-refractivity contribution in [2.24, 2.45) is 0 Å². The van der Waals surface area contributed by atoms with Gasteiger partial charge in [-0.2, -0.15) is 0 Å². The van der Waals surface area contributed by atoms with Gasteiger partial charge in [-0.3, -0.25) is 10.4 Å². The van der Waals surface area contributed by atoms with Gasteiger partial charge in [-0.25, -0.2) is 9.63 Å². The van der Waals surface area contributed by atoms with E-state index in [-0.39, 0.29) is 24.2 Å². The van der Waals surface area contributed by atoms with Crippen LogP contribution in [0.3, 0.4) is 0 Å². The van der Waals surface area contributed by atoms with Gasteiger partial charge in [0.1, 0.15) is 0 Å².